The van der Waals surface area contributed by atoms with Crippen molar-refractivity contribution in [2.45, 2.75) is 45.8 Å². The molecule has 7 nitrogen and oxygen atoms in total. The van der Waals surface area contributed by atoms with Crippen molar-refractivity contribution in [3.8, 4) is 0 Å². The van der Waals surface area contributed by atoms with Gasteiger partial charge >= 0.3 is 18.0 Å². The number of carbonyl (C=O) groups is 3. The van der Waals surface area contributed by atoms with Crippen molar-refractivity contribution in [2.24, 2.45) is 0 Å². The molecular weight excluding hydrogens is 254 g/mol. The lowest BCUT2D eigenvalue weighted by atomic mass is 10.2. The molecule has 0 saturated carbocycles. The predicted molar refractivity (Wildman–Crippen MR) is 66.4 cm³/mol. The molecule has 0 heterocycles. The van der Waals surface area contributed by atoms with Gasteiger partial charge in [0.2, 0.25) is 0 Å². The summed E-state index contributed by atoms with van der Waals surface area (Å²) in [6, 6.07) is -1.12. The van der Waals surface area contributed by atoms with Crippen LogP contribution < -0.4 is 5.32 Å². The average molecular weight is 275 g/mol. The van der Waals surface area contributed by atoms with Gasteiger partial charge < -0.3 is 19.5 Å². The van der Waals surface area contributed by atoms with Crippen LogP contribution in [0, 0.1) is 0 Å². The normalized spacial score (nSPS) is 12.3. The topological polar surface area (TPSA) is 90.9 Å². The van der Waals surface area contributed by atoms with Gasteiger partial charge in [0.25, 0.3) is 0 Å². The lowest BCUT2D eigenvalue weighted by Crippen LogP contribution is -2.45. The van der Waals surface area contributed by atoms with Crippen LogP contribution in [0.5, 0.6) is 0 Å². The molecular formula is C12H21NO6. The average Bonchev–Trinajstić information content (AvgIpc) is 2.25. The summed E-state index contributed by atoms with van der Waals surface area (Å²) < 4.78 is 14.2. The Bertz CT molecular complexity index is 334. The quantitative estimate of drug-likeness (QED) is 0.594. The largest absolute Gasteiger partial charge is 0.469 e. The standard InChI is InChI=1S/C12H21NO6/c1-6-18-10(15)8(7-9(14)17-5)13-11(16)19-12(2,3)4/h8H,6-7H2,1-5H3,(H,13,16). The zero-order valence-corrected chi connectivity index (χ0v) is 11.9. The summed E-state index contributed by atoms with van der Waals surface area (Å²) in [5.74, 6) is -1.34. The van der Waals surface area contributed by atoms with E-state index in [-0.39, 0.29) is 13.0 Å². The molecule has 0 saturated heterocycles. The van der Waals surface area contributed by atoms with Crippen LogP contribution in [-0.4, -0.2) is 43.4 Å². The molecule has 110 valence electrons. The Morgan fingerprint density at radius 2 is 1.79 bits per heavy atom. The fourth-order valence-corrected chi connectivity index (χ4v) is 1.14. The van der Waals surface area contributed by atoms with Gasteiger partial charge in [-0.3, -0.25) is 4.79 Å². The lowest BCUT2D eigenvalue weighted by Gasteiger charge is -2.22. The fraction of sp³-hybridized carbons (Fsp3) is 0.750. The summed E-state index contributed by atoms with van der Waals surface area (Å²) >= 11 is 0. The first-order valence-corrected chi connectivity index (χ1v) is 5.92. The number of methoxy groups -OCH3 is 1. The number of hydrogen-bond acceptors (Lipinski definition) is 6. The van der Waals surface area contributed by atoms with Crippen LogP contribution in [0.3, 0.4) is 0 Å². The highest BCUT2D eigenvalue weighted by Crippen LogP contribution is 2.08. The van der Waals surface area contributed by atoms with Crippen LogP contribution in [0.2, 0.25) is 0 Å². The summed E-state index contributed by atoms with van der Waals surface area (Å²) in [5.41, 5.74) is -0.700. The number of carbonyl (C=O) groups excluding carboxylic acids is 3. The third-order valence-corrected chi connectivity index (χ3v) is 1.86. The van der Waals surface area contributed by atoms with E-state index >= 15 is 0 Å². The minimum atomic E-state index is -1.12. The molecule has 0 aromatic rings. The van der Waals surface area contributed by atoms with Gasteiger partial charge in [0.05, 0.1) is 20.1 Å². The first-order valence-electron chi connectivity index (χ1n) is 5.92. The van der Waals surface area contributed by atoms with Crippen molar-refractivity contribution in [3.05, 3.63) is 0 Å². The van der Waals surface area contributed by atoms with Gasteiger partial charge in [-0.25, -0.2) is 9.59 Å². The van der Waals surface area contributed by atoms with Crippen LogP contribution in [0.1, 0.15) is 34.1 Å². The van der Waals surface area contributed by atoms with Gasteiger partial charge in [-0.15, -0.1) is 0 Å². The summed E-state index contributed by atoms with van der Waals surface area (Å²) in [4.78, 5) is 34.3. The van der Waals surface area contributed by atoms with E-state index in [0.29, 0.717) is 0 Å². The number of alkyl carbamates (subject to hydrolysis) is 1. The first kappa shape index (κ1) is 17.2. The minimum absolute atomic E-state index is 0.145. The molecule has 0 fully saturated rings. The molecule has 0 rings (SSSR count). The molecule has 0 aromatic carbocycles. The van der Waals surface area contributed by atoms with E-state index in [1.165, 1.54) is 7.11 Å². The Morgan fingerprint density at radius 3 is 2.21 bits per heavy atom. The van der Waals surface area contributed by atoms with Gasteiger partial charge in [-0.2, -0.15) is 0 Å². The van der Waals surface area contributed by atoms with E-state index in [0.717, 1.165) is 0 Å². The number of esters is 2. The zero-order valence-electron chi connectivity index (χ0n) is 11.9. The first-order chi connectivity index (χ1) is 8.69. The Morgan fingerprint density at radius 1 is 1.21 bits per heavy atom. The highest BCUT2D eigenvalue weighted by molar-refractivity contribution is 5.86. The molecule has 1 unspecified atom stereocenters. The van der Waals surface area contributed by atoms with Gasteiger partial charge in [0.1, 0.15) is 11.6 Å². The van der Waals surface area contributed by atoms with Crippen molar-refractivity contribution >= 4 is 18.0 Å². The lowest BCUT2D eigenvalue weighted by molar-refractivity contribution is -0.151. The molecule has 1 atom stereocenters. The van der Waals surface area contributed by atoms with Crippen molar-refractivity contribution in [1.82, 2.24) is 5.32 Å². The molecule has 0 spiro atoms. The highest BCUT2D eigenvalue weighted by Gasteiger charge is 2.27. The number of ether oxygens (including phenoxy) is 3. The molecule has 0 radical (unpaired) electrons. The molecule has 7 heteroatoms. The molecule has 0 bridgehead atoms. The summed E-state index contributed by atoms with van der Waals surface area (Å²) in [6.45, 7) is 6.83. The van der Waals surface area contributed by atoms with Crippen LogP contribution >= 0.6 is 0 Å². The predicted octanol–water partition coefficient (Wildman–Crippen LogP) is 1.01. The zero-order chi connectivity index (χ0) is 15.1. The molecule has 1 amide bonds. The van der Waals surface area contributed by atoms with Crippen LogP contribution in [0.25, 0.3) is 0 Å². The summed E-state index contributed by atoms with van der Waals surface area (Å²) in [5, 5.41) is 2.29. The highest BCUT2D eigenvalue weighted by atomic mass is 16.6. The molecule has 0 aromatic heterocycles. The van der Waals surface area contributed by atoms with Crippen molar-refractivity contribution in [1.29, 1.82) is 0 Å². The van der Waals surface area contributed by atoms with E-state index in [4.69, 9.17) is 9.47 Å². The third kappa shape index (κ3) is 8.01. The molecule has 0 aliphatic heterocycles. The molecule has 0 aliphatic rings. The Balaban J connectivity index is 4.61. The monoisotopic (exact) mass is 275 g/mol. The summed E-state index contributed by atoms with van der Waals surface area (Å²) in [6.07, 6.45) is -1.11. The maximum Gasteiger partial charge on any atom is 0.408 e. The number of nitrogens with one attached hydrogen (secondary N) is 1. The van der Waals surface area contributed by atoms with Crippen molar-refractivity contribution < 1.29 is 28.6 Å². The molecule has 0 aliphatic carbocycles. The maximum atomic E-state index is 11.6. The van der Waals surface area contributed by atoms with E-state index in [9.17, 15) is 14.4 Å². The van der Waals surface area contributed by atoms with E-state index in [1.54, 1.807) is 27.7 Å². The Kier molecular flexibility index (Phi) is 6.89. The Hall–Kier alpha value is -1.79. The van der Waals surface area contributed by atoms with Crippen LogP contribution in [0.15, 0.2) is 0 Å². The van der Waals surface area contributed by atoms with Crippen LogP contribution in [-0.2, 0) is 23.8 Å². The summed E-state index contributed by atoms with van der Waals surface area (Å²) in [7, 11) is 1.19. The van der Waals surface area contributed by atoms with E-state index in [2.05, 4.69) is 10.1 Å². The number of hydrogen-bond donors (Lipinski definition) is 1. The third-order valence-electron chi connectivity index (χ3n) is 1.86. The smallest absolute Gasteiger partial charge is 0.408 e. The second-order valence-corrected chi connectivity index (χ2v) is 4.73. The van der Waals surface area contributed by atoms with Gasteiger partial charge in [-0.05, 0) is 27.7 Å². The van der Waals surface area contributed by atoms with Crippen molar-refractivity contribution in [3.63, 3.8) is 0 Å². The maximum absolute atomic E-state index is 11.6. The van der Waals surface area contributed by atoms with Gasteiger partial charge in [0.15, 0.2) is 0 Å². The van der Waals surface area contributed by atoms with Crippen molar-refractivity contribution in [2.75, 3.05) is 13.7 Å². The van der Waals surface area contributed by atoms with Gasteiger partial charge in [-0.1, -0.05) is 0 Å². The van der Waals surface area contributed by atoms with Gasteiger partial charge in [0, 0.05) is 0 Å². The van der Waals surface area contributed by atoms with E-state index < -0.39 is 29.7 Å². The molecule has 19 heavy (non-hydrogen) atoms. The second kappa shape index (κ2) is 7.60. The Labute approximate surface area is 112 Å². The van der Waals surface area contributed by atoms with Crippen LogP contribution in [0.4, 0.5) is 4.79 Å². The minimum Gasteiger partial charge on any atom is -0.469 e. The molecule has 1 N–H and O–H groups in total. The number of amides is 1. The SMILES string of the molecule is CCOC(=O)C(CC(=O)OC)NC(=O)OC(C)(C)C. The fourth-order valence-electron chi connectivity index (χ4n) is 1.14. The number of rotatable bonds is 5. The second-order valence-electron chi connectivity index (χ2n) is 4.73. The van der Waals surface area contributed by atoms with E-state index in [1.807, 2.05) is 0 Å².